The smallest absolute Gasteiger partial charge is 0.410 e. The maximum atomic E-state index is 11.7. The molecular formula is C12H18ClN3O2. The van der Waals surface area contributed by atoms with Gasteiger partial charge in [-0.3, -0.25) is 5.10 Å². The van der Waals surface area contributed by atoms with Gasteiger partial charge in [-0.15, -0.1) is 11.6 Å². The Kier molecular flexibility index (Phi) is 3.52. The van der Waals surface area contributed by atoms with Crippen LogP contribution in [0.4, 0.5) is 4.79 Å². The highest BCUT2D eigenvalue weighted by Gasteiger charge is 2.35. The predicted octanol–water partition coefficient (Wildman–Crippen LogP) is 2.48. The molecule has 0 unspecified atom stereocenters. The highest BCUT2D eigenvalue weighted by atomic mass is 35.5. The number of carbonyl (C=O) groups excluding carboxylic acids is 1. The largest absolute Gasteiger partial charge is 0.444 e. The number of carbonyl (C=O) groups is 1. The first kappa shape index (κ1) is 13.2. The van der Waals surface area contributed by atoms with Crippen LogP contribution in [-0.4, -0.2) is 39.9 Å². The van der Waals surface area contributed by atoms with Gasteiger partial charge < -0.3 is 9.64 Å². The van der Waals surface area contributed by atoms with E-state index in [1.807, 2.05) is 26.8 Å². The molecular weight excluding hydrogens is 254 g/mol. The summed E-state index contributed by atoms with van der Waals surface area (Å²) < 4.78 is 5.29. The molecule has 2 rings (SSSR count). The Labute approximate surface area is 111 Å². The molecule has 1 aliphatic heterocycles. The van der Waals surface area contributed by atoms with Gasteiger partial charge in [-0.2, -0.15) is 5.10 Å². The Morgan fingerprint density at radius 1 is 1.61 bits per heavy atom. The molecule has 0 spiro atoms. The SMILES string of the molecule is CC(C)(C)OC(=O)N1CC(c2cc(CCl)[nH]n2)C1. The van der Waals surface area contributed by atoms with Gasteiger partial charge in [0.15, 0.2) is 0 Å². The summed E-state index contributed by atoms with van der Waals surface area (Å²) in [6.07, 6.45) is -0.258. The minimum atomic E-state index is -0.444. The van der Waals surface area contributed by atoms with Gasteiger partial charge in [-0.1, -0.05) is 0 Å². The van der Waals surface area contributed by atoms with E-state index in [1.165, 1.54) is 0 Å². The van der Waals surface area contributed by atoms with Crippen LogP contribution in [0, 0.1) is 0 Å². The van der Waals surface area contributed by atoms with Crippen LogP contribution in [0.3, 0.4) is 0 Å². The number of likely N-dealkylation sites (tertiary alicyclic amines) is 1. The Balaban J connectivity index is 1.85. The molecule has 0 aliphatic carbocycles. The molecule has 1 aliphatic rings. The number of H-pyrrole nitrogens is 1. The molecule has 1 aromatic heterocycles. The Morgan fingerprint density at radius 2 is 2.28 bits per heavy atom. The third-order valence-electron chi connectivity index (χ3n) is 2.75. The lowest BCUT2D eigenvalue weighted by molar-refractivity contribution is 0.00787. The van der Waals surface area contributed by atoms with Crippen molar-refractivity contribution in [3.8, 4) is 0 Å². The lowest BCUT2D eigenvalue weighted by atomic mass is 9.97. The van der Waals surface area contributed by atoms with E-state index in [1.54, 1.807) is 4.90 Å². The van der Waals surface area contributed by atoms with Crippen molar-refractivity contribution < 1.29 is 9.53 Å². The average Bonchev–Trinajstić information content (AvgIpc) is 2.60. The number of aromatic amines is 1. The van der Waals surface area contributed by atoms with Crippen molar-refractivity contribution >= 4 is 17.7 Å². The molecule has 1 amide bonds. The summed E-state index contributed by atoms with van der Waals surface area (Å²) in [4.78, 5) is 13.4. The van der Waals surface area contributed by atoms with Crippen molar-refractivity contribution in [1.29, 1.82) is 0 Å². The van der Waals surface area contributed by atoms with E-state index in [0.29, 0.717) is 19.0 Å². The average molecular weight is 272 g/mol. The minimum Gasteiger partial charge on any atom is -0.444 e. The second-order valence-corrected chi connectivity index (χ2v) is 5.80. The van der Waals surface area contributed by atoms with Crippen molar-refractivity contribution in [3.63, 3.8) is 0 Å². The lowest BCUT2D eigenvalue weighted by Crippen LogP contribution is -2.50. The van der Waals surface area contributed by atoms with E-state index < -0.39 is 5.60 Å². The van der Waals surface area contributed by atoms with Crippen LogP contribution in [0.15, 0.2) is 6.07 Å². The minimum absolute atomic E-state index is 0.258. The standard InChI is InChI=1S/C12H18ClN3O2/c1-12(2,3)18-11(17)16-6-8(7-16)10-4-9(5-13)14-15-10/h4,8H,5-7H2,1-3H3,(H,14,15). The van der Waals surface area contributed by atoms with Gasteiger partial charge in [0.25, 0.3) is 0 Å². The quantitative estimate of drug-likeness (QED) is 0.841. The monoisotopic (exact) mass is 271 g/mol. The number of halogens is 1. The maximum Gasteiger partial charge on any atom is 0.410 e. The third kappa shape index (κ3) is 2.96. The number of amides is 1. The molecule has 0 bridgehead atoms. The van der Waals surface area contributed by atoms with Gasteiger partial charge in [0.1, 0.15) is 5.60 Å². The number of hydrogen-bond acceptors (Lipinski definition) is 3. The molecule has 1 saturated heterocycles. The Morgan fingerprint density at radius 3 is 2.78 bits per heavy atom. The van der Waals surface area contributed by atoms with Crippen molar-refractivity contribution in [2.45, 2.75) is 38.2 Å². The van der Waals surface area contributed by atoms with E-state index in [2.05, 4.69) is 10.2 Å². The van der Waals surface area contributed by atoms with Gasteiger partial charge in [-0.25, -0.2) is 4.79 Å². The fourth-order valence-corrected chi connectivity index (χ4v) is 1.94. The summed E-state index contributed by atoms with van der Waals surface area (Å²) in [5.74, 6) is 0.709. The first-order chi connectivity index (χ1) is 8.39. The van der Waals surface area contributed by atoms with Crippen LogP contribution in [0.25, 0.3) is 0 Å². The van der Waals surface area contributed by atoms with Crippen LogP contribution < -0.4 is 0 Å². The highest BCUT2D eigenvalue weighted by molar-refractivity contribution is 6.16. The van der Waals surface area contributed by atoms with E-state index in [4.69, 9.17) is 16.3 Å². The first-order valence-corrected chi connectivity index (χ1v) is 6.50. The summed E-state index contributed by atoms with van der Waals surface area (Å²) in [7, 11) is 0. The number of nitrogens with one attached hydrogen (secondary N) is 1. The van der Waals surface area contributed by atoms with Gasteiger partial charge in [0, 0.05) is 19.0 Å². The molecule has 2 heterocycles. The summed E-state index contributed by atoms with van der Waals surface area (Å²) in [5, 5.41) is 7.06. The number of ether oxygens (including phenoxy) is 1. The number of alkyl halides is 1. The number of aromatic nitrogens is 2. The van der Waals surface area contributed by atoms with Crippen LogP contribution >= 0.6 is 11.6 Å². The zero-order valence-corrected chi connectivity index (χ0v) is 11.6. The molecule has 5 nitrogen and oxygen atoms in total. The molecule has 1 fully saturated rings. The third-order valence-corrected chi connectivity index (χ3v) is 3.03. The van der Waals surface area contributed by atoms with Crippen molar-refractivity contribution in [2.75, 3.05) is 13.1 Å². The Hall–Kier alpha value is -1.23. The van der Waals surface area contributed by atoms with E-state index in [0.717, 1.165) is 11.4 Å². The van der Waals surface area contributed by atoms with Crippen LogP contribution in [0.1, 0.15) is 38.1 Å². The maximum absolute atomic E-state index is 11.7. The first-order valence-electron chi connectivity index (χ1n) is 5.97. The van der Waals surface area contributed by atoms with Crippen LogP contribution in [-0.2, 0) is 10.6 Å². The predicted molar refractivity (Wildman–Crippen MR) is 68.7 cm³/mol. The number of nitrogens with zero attached hydrogens (tertiary/aromatic N) is 2. The van der Waals surface area contributed by atoms with Crippen LogP contribution in [0.2, 0.25) is 0 Å². The molecule has 100 valence electrons. The van der Waals surface area contributed by atoms with Gasteiger partial charge in [0.05, 0.1) is 17.3 Å². The fourth-order valence-electron chi connectivity index (χ4n) is 1.80. The van der Waals surface area contributed by atoms with E-state index >= 15 is 0 Å². The topological polar surface area (TPSA) is 58.2 Å². The molecule has 18 heavy (non-hydrogen) atoms. The number of hydrogen-bond donors (Lipinski definition) is 1. The summed E-state index contributed by atoms with van der Waals surface area (Å²) in [6.45, 7) is 6.90. The second-order valence-electron chi connectivity index (χ2n) is 5.53. The molecule has 6 heteroatoms. The van der Waals surface area contributed by atoms with E-state index in [-0.39, 0.29) is 12.0 Å². The summed E-state index contributed by atoms with van der Waals surface area (Å²) in [5.41, 5.74) is 1.42. The normalized spacial score (nSPS) is 16.6. The molecule has 1 N–H and O–H groups in total. The Bertz CT molecular complexity index is 433. The summed E-state index contributed by atoms with van der Waals surface area (Å²) in [6, 6.07) is 1.95. The van der Waals surface area contributed by atoms with Crippen LogP contribution in [0.5, 0.6) is 0 Å². The van der Waals surface area contributed by atoms with Gasteiger partial charge in [-0.05, 0) is 26.8 Å². The zero-order chi connectivity index (χ0) is 13.3. The molecule has 0 atom stereocenters. The molecule has 0 aromatic carbocycles. The van der Waals surface area contributed by atoms with Crippen molar-refractivity contribution in [2.24, 2.45) is 0 Å². The lowest BCUT2D eigenvalue weighted by Gasteiger charge is -2.38. The zero-order valence-electron chi connectivity index (χ0n) is 10.9. The van der Waals surface area contributed by atoms with Crippen molar-refractivity contribution in [1.82, 2.24) is 15.1 Å². The summed E-state index contributed by atoms with van der Waals surface area (Å²) >= 11 is 5.70. The number of rotatable bonds is 2. The molecule has 0 radical (unpaired) electrons. The van der Waals surface area contributed by atoms with E-state index in [9.17, 15) is 4.79 Å². The van der Waals surface area contributed by atoms with Crippen molar-refractivity contribution in [3.05, 3.63) is 17.5 Å². The highest BCUT2D eigenvalue weighted by Crippen LogP contribution is 2.27. The molecule has 1 aromatic rings. The van der Waals surface area contributed by atoms with Gasteiger partial charge >= 0.3 is 6.09 Å². The van der Waals surface area contributed by atoms with Gasteiger partial charge in [0.2, 0.25) is 0 Å². The molecule has 0 saturated carbocycles. The fraction of sp³-hybridized carbons (Fsp3) is 0.667. The second kappa shape index (κ2) is 4.80.